The van der Waals surface area contributed by atoms with E-state index >= 15 is 0 Å². The van der Waals surface area contributed by atoms with Crippen molar-refractivity contribution < 1.29 is 8.78 Å². The van der Waals surface area contributed by atoms with Crippen LogP contribution in [0.3, 0.4) is 0 Å². The highest BCUT2D eigenvalue weighted by Gasteiger charge is 2.28. The van der Waals surface area contributed by atoms with Crippen LogP contribution in [0.2, 0.25) is 0 Å². The van der Waals surface area contributed by atoms with E-state index in [-0.39, 0.29) is 10.3 Å². The highest BCUT2D eigenvalue weighted by atomic mass is 32.3. The van der Waals surface area contributed by atoms with Crippen LogP contribution < -0.4 is 0 Å². The quantitative estimate of drug-likeness (QED) is 0.108. The van der Waals surface area contributed by atoms with Crippen molar-refractivity contribution in [2.45, 2.75) is 41.5 Å². The summed E-state index contributed by atoms with van der Waals surface area (Å²) < 4.78 is 30.8. The highest BCUT2D eigenvalue weighted by Crippen LogP contribution is 2.64. The van der Waals surface area contributed by atoms with Gasteiger partial charge in [-0.3, -0.25) is 0 Å². The summed E-state index contributed by atoms with van der Waals surface area (Å²) in [4.78, 5) is 0. The SMILES string of the molecule is CCS(C#Cc1c2cc3cc(F)sc3cc2c(C#C[SH](C)(CC)(CC)CC)c2cc3cc(F)sc3cc12)(CC)CC. The average Bonchev–Trinajstić information content (AvgIpc) is 3.54. The fourth-order valence-corrected chi connectivity index (χ4v) is 11.5. The number of thiophene rings is 2. The Morgan fingerprint density at radius 1 is 0.634 bits per heavy atom. The smallest absolute Gasteiger partial charge is 0.177 e. The molecule has 0 unspecified atom stereocenters. The van der Waals surface area contributed by atoms with Gasteiger partial charge in [-0.15, -0.1) is 22.7 Å². The molecular formula is C35H40F2S4. The summed E-state index contributed by atoms with van der Waals surface area (Å²) in [5.74, 6) is 13.8. The Labute approximate surface area is 253 Å². The van der Waals surface area contributed by atoms with Gasteiger partial charge in [-0.05, 0) is 104 Å². The topological polar surface area (TPSA) is 0 Å². The molecule has 0 nitrogen and oxygen atoms in total. The van der Waals surface area contributed by atoms with Crippen LogP contribution in [-0.4, -0.2) is 40.8 Å². The Morgan fingerprint density at radius 2 is 1.05 bits per heavy atom. The summed E-state index contributed by atoms with van der Waals surface area (Å²) in [5.41, 5.74) is 1.91. The Morgan fingerprint density at radius 3 is 1.46 bits per heavy atom. The molecule has 6 heteroatoms. The van der Waals surface area contributed by atoms with Gasteiger partial charge in [-0.25, -0.2) is 9.16 Å². The van der Waals surface area contributed by atoms with Gasteiger partial charge < -0.3 is 0 Å². The molecule has 0 aliphatic rings. The van der Waals surface area contributed by atoms with Gasteiger partial charge in [-0.1, -0.05) is 58.6 Å². The van der Waals surface area contributed by atoms with Crippen molar-refractivity contribution in [3.8, 4) is 22.3 Å². The molecule has 0 spiro atoms. The van der Waals surface area contributed by atoms with E-state index in [1.54, 1.807) is 12.1 Å². The van der Waals surface area contributed by atoms with Gasteiger partial charge in [0.2, 0.25) is 0 Å². The first-order valence-corrected chi connectivity index (χ1v) is 21.6. The first-order chi connectivity index (χ1) is 19.5. The average molecular weight is 627 g/mol. The molecule has 2 aromatic heterocycles. The fourth-order valence-electron chi connectivity index (χ4n) is 5.62. The van der Waals surface area contributed by atoms with Crippen molar-refractivity contribution in [3.05, 3.63) is 57.8 Å². The Hall–Kier alpha value is -2.22. The van der Waals surface area contributed by atoms with Crippen LogP contribution in [0.25, 0.3) is 41.7 Å². The van der Waals surface area contributed by atoms with Gasteiger partial charge in [-0.2, -0.15) is 18.8 Å². The lowest BCUT2D eigenvalue weighted by Crippen LogP contribution is -2.22. The van der Waals surface area contributed by atoms with E-state index in [1.807, 2.05) is 0 Å². The number of thiol groups is 1. The molecule has 0 saturated heterocycles. The Balaban J connectivity index is 2.01. The van der Waals surface area contributed by atoms with E-state index in [9.17, 15) is 8.78 Å². The van der Waals surface area contributed by atoms with Crippen LogP contribution in [0.5, 0.6) is 0 Å². The summed E-state index contributed by atoms with van der Waals surface area (Å²) in [6.45, 7) is 13.5. The fraction of sp³-hybridized carbons (Fsp3) is 0.371. The second kappa shape index (κ2) is 11.1. The van der Waals surface area contributed by atoms with Gasteiger partial charge in [0.25, 0.3) is 0 Å². The largest absolute Gasteiger partial charge is 0.236 e. The third-order valence-corrected chi connectivity index (χ3v) is 21.6. The Kier molecular flexibility index (Phi) is 8.21. The zero-order valence-electron chi connectivity index (χ0n) is 25.1. The van der Waals surface area contributed by atoms with Crippen LogP contribution in [0.15, 0.2) is 36.4 Å². The predicted molar refractivity (Wildman–Crippen MR) is 192 cm³/mol. The van der Waals surface area contributed by atoms with Gasteiger partial charge >= 0.3 is 0 Å². The van der Waals surface area contributed by atoms with E-state index in [2.05, 4.69) is 94.4 Å². The van der Waals surface area contributed by atoms with Gasteiger partial charge in [0.05, 0.1) is 0 Å². The van der Waals surface area contributed by atoms with Gasteiger partial charge in [0.15, 0.2) is 10.3 Å². The lowest BCUT2D eigenvalue weighted by atomic mass is 9.91. The predicted octanol–water partition coefficient (Wildman–Crippen LogP) is 10.9. The summed E-state index contributed by atoms with van der Waals surface area (Å²) in [7, 11) is -3.31. The van der Waals surface area contributed by atoms with Crippen molar-refractivity contribution in [1.82, 2.24) is 0 Å². The zero-order valence-corrected chi connectivity index (χ0v) is 28.5. The van der Waals surface area contributed by atoms with E-state index in [0.717, 1.165) is 87.4 Å². The highest BCUT2D eigenvalue weighted by molar-refractivity contribution is 8.52. The van der Waals surface area contributed by atoms with Crippen molar-refractivity contribution in [2.75, 3.05) is 40.8 Å². The summed E-state index contributed by atoms with van der Waals surface area (Å²) in [5, 5.41) is 13.1. The first kappa shape index (κ1) is 30.2. The van der Waals surface area contributed by atoms with Crippen LogP contribution in [0.1, 0.15) is 52.7 Å². The van der Waals surface area contributed by atoms with E-state index in [1.165, 1.54) is 22.7 Å². The maximum atomic E-state index is 14.5. The second-order valence-electron chi connectivity index (χ2n) is 11.4. The monoisotopic (exact) mass is 626 g/mol. The molecule has 41 heavy (non-hydrogen) atoms. The molecular weight excluding hydrogens is 587 g/mol. The number of hydrogen-bond donors (Lipinski definition) is 1. The van der Waals surface area contributed by atoms with Crippen LogP contribution in [0, 0.1) is 32.6 Å². The standard InChI is InChI=1S/C35H40F2S4/c1-8-40(9-2,10-3)16-14-26-28-18-24-20-34(36)39-33(24)23-31(28)27(15-17-41(7,11-4,12-5)13-6)29-19-25-21-35(37)38-32(25)22-30(26)29/h18-23,41H,8-13H2,1-7H3. The summed E-state index contributed by atoms with van der Waals surface area (Å²) in [6.07, 6.45) is 2.41. The summed E-state index contributed by atoms with van der Waals surface area (Å²) in [6, 6.07) is 11.7. The number of fused-ring (bicyclic) bond motifs is 4. The van der Waals surface area contributed by atoms with Crippen molar-refractivity contribution in [2.24, 2.45) is 0 Å². The minimum Gasteiger partial charge on any atom is -0.236 e. The third-order valence-electron chi connectivity index (χ3n) is 9.67. The van der Waals surface area contributed by atoms with Crippen molar-refractivity contribution >= 4 is 83.6 Å². The first-order valence-electron chi connectivity index (χ1n) is 14.6. The molecule has 2 heterocycles. The van der Waals surface area contributed by atoms with Crippen molar-refractivity contribution in [1.29, 1.82) is 0 Å². The summed E-state index contributed by atoms with van der Waals surface area (Å²) >= 11 is 2.34. The van der Waals surface area contributed by atoms with E-state index in [0.29, 0.717) is 0 Å². The van der Waals surface area contributed by atoms with Gasteiger partial charge in [0, 0.05) is 31.3 Å². The molecule has 3 aromatic carbocycles. The molecule has 0 atom stereocenters. The third kappa shape index (κ3) is 5.27. The maximum absolute atomic E-state index is 14.5. The van der Waals surface area contributed by atoms with E-state index < -0.39 is 19.2 Å². The van der Waals surface area contributed by atoms with Crippen molar-refractivity contribution in [3.63, 3.8) is 0 Å². The molecule has 218 valence electrons. The lowest BCUT2D eigenvalue weighted by molar-refractivity contribution is 0.658. The number of benzene rings is 3. The lowest BCUT2D eigenvalue weighted by Gasteiger charge is -2.52. The molecule has 0 radical (unpaired) electrons. The zero-order chi connectivity index (χ0) is 29.6. The number of rotatable bonds is 6. The molecule has 0 saturated carbocycles. The Bertz CT molecular complexity index is 1810. The minimum atomic E-state index is -2.23. The maximum Gasteiger partial charge on any atom is 0.177 e. The normalized spacial score (nSPS) is 13.6. The number of hydrogen-bond acceptors (Lipinski definition) is 2. The number of halogens is 2. The van der Waals surface area contributed by atoms with Crippen LogP contribution >= 0.6 is 41.9 Å². The van der Waals surface area contributed by atoms with E-state index in [4.69, 9.17) is 0 Å². The molecule has 0 aliphatic heterocycles. The molecule has 5 aromatic rings. The molecule has 0 amide bonds. The van der Waals surface area contributed by atoms with Crippen LogP contribution in [0.4, 0.5) is 8.78 Å². The minimum absolute atomic E-state index is 0.191. The second-order valence-corrected chi connectivity index (χ2v) is 24.2. The van der Waals surface area contributed by atoms with Gasteiger partial charge in [0.1, 0.15) is 0 Å². The molecule has 0 fully saturated rings. The molecule has 0 aliphatic carbocycles. The molecule has 5 rings (SSSR count). The van der Waals surface area contributed by atoms with Crippen LogP contribution in [-0.2, 0) is 0 Å². The molecule has 0 N–H and O–H groups in total. The molecule has 0 bridgehead atoms.